The maximum absolute atomic E-state index is 14.5. The van der Waals surface area contributed by atoms with E-state index in [1.807, 2.05) is 19.9 Å². The lowest BCUT2D eigenvalue weighted by molar-refractivity contribution is -0.147. The number of nitriles is 1. The summed E-state index contributed by atoms with van der Waals surface area (Å²) in [6.45, 7) is 6.63. The number of aliphatic hydroxyl groups excluding tert-OH is 2. The van der Waals surface area contributed by atoms with E-state index in [-0.39, 0.29) is 30.2 Å². The lowest BCUT2D eigenvalue weighted by atomic mass is 9.56. The Labute approximate surface area is 239 Å². The first-order valence-corrected chi connectivity index (χ1v) is 13.7. The number of hydrogen-bond donors (Lipinski definition) is 4. The second-order valence-electron chi connectivity index (χ2n) is 12.2. The van der Waals surface area contributed by atoms with Crippen LogP contribution in [0.1, 0.15) is 68.9 Å². The second kappa shape index (κ2) is 10.9. The van der Waals surface area contributed by atoms with Crippen molar-refractivity contribution in [3.05, 3.63) is 70.8 Å². The molecule has 5 N–H and O–H groups in total. The van der Waals surface area contributed by atoms with Crippen LogP contribution in [-0.2, 0) is 21.5 Å². The van der Waals surface area contributed by atoms with Gasteiger partial charge in [0.25, 0.3) is 5.91 Å². The smallest absolute Gasteiger partial charge is 0.337 e. The summed E-state index contributed by atoms with van der Waals surface area (Å²) in [5, 5.41) is 37.4. The maximum atomic E-state index is 14.5. The zero-order chi connectivity index (χ0) is 30.3. The van der Waals surface area contributed by atoms with Gasteiger partial charge in [-0.3, -0.25) is 9.69 Å². The molecule has 5 rings (SSSR count). The average Bonchev–Trinajstić information content (AvgIpc) is 3.32. The Morgan fingerprint density at radius 3 is 2.37 bits per heavy atom. The van der Waals surface area contributed by atoms with Gasteiger partial charge in [0.15, 0.2) is 17.6 Å². The highest BCUT2D eigenvalue weighted by atomic mass is 19.1. The molecule has 6 atom stereocenters. The summed E-state index contributed by atoms with van der Waals surface area (Å²) in [6, 6.07) is 15.8. The van der Waals surface area contributed by atoms with Gasteiger partial charge in [-0.25, -0.2) is 14.2 Å². The third-order valence-electron chi connectivity index (χ3n) is 8.51. The zero-order valence-corrected chi connectivity index (χ0v) is 23.7. The minimum Gasteiger partial charge on any atom is -0.479 e. The number of carbonyl (C=O) groups is 2. The third kappa shape index (κ3) is 5.32. The minimum absolute atomic E-state index is 0.0201. The van der Waals surface area contributed by atoms with Crippen molar-refractivity contribution in [1.29, 1.82) is 5.26 Å². The monoisotopic (exact) mass is 564 g/mol. The number of carbonyl (C=O) groups excluding carboxylic acids is 1. The summed E-state index contributed by atoms with van der Waals surface area (Å²) in [6.07, 6.45) is -0.0410. The maximum Gasteiger partial charge on any atom is 0.337 e. The van der Waals surface area contributed by atoms with Crippen LogP contribution in [0.25, 0.3) is 0 Å². The molecule has 2 aliphatic carbocycles. The summed E-state index contributed by atoms with van der Waals surface area (Å²) < 4.78 is 14.5. The summed E-state index contributed by atoms with van der Waals surface area (Å²) in [7, 11) is 0. The summed E-state index contributed by atoms with van der Waals surface area (Å²) in [5.41, 5.74) is 5.25. The van der Waals surface area contributed by atoms with Gasteiger partial charge in [-0.05, 0) is 73.8 Å². The molecule has 41 heavy (non-hydrogen) atoms. The number of carboxylic acid groups (broad SMARTS) is 1. The van der Waals surface area contributed by atoms with Gasteiger partial charge in [0.05, 0.1) is 24.3 Å². The van der Waals surface area contributed by atoms with Gasteiger partial charge in [-0.1, -0.05) is 50.2 Å². The number of benzene rings is 2. The molecule has 2 aromatic carbocycles. The predicted molar refractivity (Wildman–Crippen MR) is 150 cm³/mol. The van der Waals surface area contributed by atoms with E-state index in [1.54, 1.807) is 42.5 Å². The number of guanidine groups is 1. The van der Waals surface area contributed by atoms with Crippen LogP contribution in [0.2, 0.25) is 0 Å². The second-order valence-corrected chi connectivity index (χ2v) is 12.2. The van der Waals surface area contributed by atoms with E-state index in [0.29, 0.717) is 36.0 Å². The van der Waals surface area contributed by atoms with Gasteiger partial charge < -0.3 is 21.1 Å². The number of aliphatic carboxylic acids is 1. The molecule has 2 unspecified atom stereocenters. The Balaban J connectivity index is 0.000000296. The molecule has 2 aromatic rings. The number of aliphatic imine (C=N–C) groups is 1. The van der Waals surface area contributed by atoms with E-state index in [4.69, 9.17) is 20.9 Å². The van der Waals surface area contributed by atoms with Crippen LogP contribution in [0.5, 0.6) is 0 Å². The quantitative estimate of drug-likeness (QED) is 0.442. The van der Waals surface area contributed by atoms with Crippen molar-refractivity contribution in [2.45, 2.75) is 70.4 Å². The lowest BCUT2D eigenvalue weighted by Crippen LogP contribution is -2.56. The number of fused-ring (bicyclic) bond motifs is 3. The standard InChI is InChI=1S/C23H29FN4O2.C8H8O3/c1-13-8-22(9-14(2)18(13)29)10-16-6-5-15(11-25)7-17(16)23(22)19(30)28(20(26)27-23)12-21(3,4)24;9-7(8(10)11)6-4-2-1-3-5-6/h5-7,13-14,18,29H,8-10,12H2,1-4H3,(H2,26,27);1-5,7,9H,(H,10,11)/t13-,14+,18?,22?,23-;7-/m10/s1. The van der Waals surface area contributed by atoms with Crippen molar-refractivity contribution in [2.75, 3.05) is 6.54 Å². The van der Waals surface area contributed by atoms with Crippen LogP contribution in [0.15, 0.2) is 53.5 Å². The van der Waals surface area contributed by atoms with Crippen molar-refractivity contribution in [2.24, 2.45) is 28.0 Å². The molecule has 0 saturated heterocycles. The topological polar surface area (TPSA) is 160 Å². The van der Waals surface area contributed by atoms with Crippen LogP contribution in [0, 0.1) is 28.6 Å². The van der Waals surface area contributed by atoms with Crippen molar-refractivity contribution in [3.63, 3.8) is 0 Å². The van der Waals surface area contributed by atoms with Gasteiger partial charge in [0.2, 0.25) is 0 Å². The molecule has 1 amide bonds. The van der Waals surface area contributed by atoms with Crippen LogP contribution in [0.3, 0.4) is 0 Å². The van der Waals surface area contributed by atoms with Gasteiger partial charge in [0, 0.05) is 5.41 Å². The molecule has 9 nitrogen and oxygen atoms in total. The molecule has 0 aromatic heterocycles. The van der Waals surface area contributed by atoms with E-state index in [1.165, 1.54) is 18.7 Å². The Bertz CT molecular complexity index is 1390. The molecular weight excluding hydrogens is 527 g/mol. The zero-order valence-electron chi connectivity index (χ0n) is 23.7. The molecule has 1 aliphatic heterocycles. The Kier molecular flexibility index (Phi) is 8.00. The fourth-order valence-electron chi connectivity index (χ4n) is 6.88. The largest absolute Gasteiger partial charge is 0.479 e. The number of alkyl halides is 1. The normalized spacial score (nSPS) is 29.4. The predicted octanol–water partition coefficient (Wildman–Crippen LogP) is 3.43. The van der Waals surface area contributed by atoms with Crippen molar-refractivity contribution in [3.8, 4) is 6.07 Å². The van der Waals surface area contributed by atoms with E-state index in [2.05, 4.69) is 6.07 Å². The van der Waals surface area contributed by atoms with E-state index in [9.17, 15) is 24.3 Å². The van der Waals surface area contributed by atoms with E-state index < -0.39 is 34.8 Å². The molecule has 218 valence electrons. The minimum atomic E-state index is -1.63. The number of amides is 1. The van der Waals surface area contributed by atoms with Gasteiger partial charge in [-0.2, -0.15) is 5.26 Å². The van der Waals surface area contributed by atoms with Crippen LogP contribution in [0.4, 0.5) is 4.39 Å². The molecule has 0 radical (unpaired) electrons. The van der Waals surface area contributed by atoms with Crippen LogP contribution >= 0.6 is 0 Å². The number of aliphatic hydroxyl groups is 2. The first-order valence-electron chi connectivity index (χ1n) is 13.7. The molecule has 1 saturated carbocycles. The summed E-state index contributed by atoms with van der Waals surface area (Å²) >= 11 is 0. The summed E-state index contributed by atoms with van der Waals surface area (Å²) in [5.74, 6) is -1.57. The van der Waals surface area contributed by atoms with Crippen molar-refractivity contribution >= 4 is 17.8 Å². The van der Waals surface area contributed by atoms with E-state index in [0.717, 1.165) is 5.56 Å². The number of nitrogens with zero attached hydrogens (tertiary/aromatic N) is 3. The molecule has 1 fully saturated rings. The number of halogens is 1. The highest BCUT2D eigenvalue weighted by Gasteiger charge is 2.68. The molecule has 0 bridgehead atoms. The van der Waals surface area contributed by atoms with Gasteiger partial charge in [0.1, 0.15) is 5.67 Å². The van der Waals surface area contributed by atoms with Crippen LogP contribution in [-0.4, -0.2) is 56.4 Å². The Hall–Kier alpha value is -3.81. The highest BCUT2D eigenvalue weighted by molar-refractivity contribution is 6.08. The van der Waals surface area contributed by atoms with Gasteiger partial charge in [-0.15, -0.1) is 0 Å². The lowest BCUT2D eigenvalue weighted by Gasteiger charge is -2.49. The average molecular weight is 565 g/mol. The van der Waals surface area contributed by atoms with Crippen molar-refractivity contribution in [1.82, 2.24) is 4.90 Å². The fourth-order valence-corrected chi connectivity index (χ4v) is 6.88. The molecular formula is C31H37FN4O5. The highest BCUT2D eigenvalue weighted by Crippen LogP contribution is 2.63. The molecule has 2 spiro atoms. The Morgan fingerprint density at radius 2 is 1.83 bits per heavy atom. The first-order chi connectivity index (χ1) is 19.2. The number of hydrogen-bond acceptors (Lipinski definition) is 7. The van der Waals surface area contributed by atoms with Crippen LogP contribution < -0.4 is 5.73 Å². The molecule has 1 heterocycles. The SMILES string of the molecule is C[C@@H]1CC2(Cc3ccc(C#N)cc3[C@]23N=C(N)N(CC(C)(C)F)C3=O)C[C@H](C)C1O.O=C(O)[C@@H](O)c1ccccc1. The number of carboxylic acids is 1. The fraction of sp³-hybridized carbons (Fsp3) is 0.484. The first kappa shape index (κ1) is 30.2. The van der Waals surface area contributed by atoms with Crippen molar-refractivity contribution < 1.29 is 29.3 Å². The number of nitrogens with two attached hydrogens (primary N) is 1. The van der Waals surface area contributed by atoms with E-state index >= 15 is 0 Å². The van der Waals surface area contributed by atoms with Gasteiger partial charge >= 0.3 is 5.97 Å². The molecule has 3 aliphatic rings. The Morgan fingerprint density at radius 1 is 1.22 bits per heavy atom. The number of rotatable bonds is 4. The molecule has 10 heteroatoms. The third-order valence-corrected chi connectivity index (χ3v) is 8.51. The summed E-state index contributed by atoms with van der Waals surface area (Å²) in [4.78, 5) is 30.2.